The highest BCUT2D eigenvalue weighted by Gasteiger charge is 2.12. The van der Waals surface area contributed by atoms with Gasteiger partial charge >= 0.3 is 0 Å². The van der Waals surface area contributed by atoms with Crippen LogP contribution in [-0.2, 0) is 4.79 Å². The van der Waals surface area contributed by atoms with E-state index >= 15 is 0 Å². The molecule has 0 aromatic heterocycles. The van der Waals surface area contributed by atoms with E-state index in [0.29, 0.717) is 19.0 Å². The molecule has 1 amide bonds. The monoisotopic (exact) mass is 218 g/mol. The first-order valence-electron chi connectivity index (χ1n) is 5.38. The Labute approximate surface area is 90.8 Å². The van der Waals surface area contributed by atoms with Crippen LogP contribution in [0.25, 0.3) is 0 Å². The summed E-state index contributed by atoms with van der Waals surface area (Å²) in [6.45, 7) is 3.41. The second-order valence-corrected chi connectivity index (χ2v) is 4.11. The van der Waals surface area contributed by atoms with Gasteiger partial charge in [-0.1, -0.05) is 6.42 Å². The lowest BCUT2D eigenvalue weighted by molar-refractivity contribution is -0.122. The van der Waals surface area contributed by atoms with Crippen molar-refractivity contribution in [3.05, 3.63) is 0 Å². The highest BCUT2D eigenvalue weighted by Crippen LogP contribution is 2.07. The average molecular weight is 219 g/mol. The molecule has 4 heteroatoms. The summed E-state index contributed by atoms with van der Waals surface area (Å²) in [5.74, 6) is 0.751. The van der Waals surface area contributed by atoms with Gasteiger partial charge in [-0.2, -0.15) is 0 Å². The number of rotatable bonds is 5. The Kier molecular flexibility index (Phi) is 5.96. The minimum Gasteiger partial charge on any atom is -0.355 e. The largest absolute Gasteiger partial charge is 0.355 e. The smallest absolute Gasteiger partial charge is 0.234 e. The van der Waals surface area contributed by atoms with Gasteiger partial charge in [0.25, 0.3) is 0 Å². The zero-order valence-corrected chi connectivity index (χ0v) is 9.35. The Morgan fingerprint density at radius 2 is 2.00 bits per heavy atom. The van der Waals surface area contributed by atoms with Crippen molar-refractivity contribution in [2.75, 3.05) is 32.1 Å². The van der Waals surface area contributed by atoms with Crippen molar-refractivity contribution in [1.29, 1.82) is 0 Å². The molecule has 0 radical (unpaired) electrons. The summed E-state index contributed by atoms with van der Waals surface area (Å²) in [7, 11) is 0. The van der Waals surface area contributed by atoms with Gasteiger partial charge in [-0.25, -0.2) is 0 Å². The molecule has 0 aliphatic carbocycles. The molecule has 0 saturated carbocycles. The summed E-state index contributed by atoms with van der Waals surface area (Å²) in [6, 6.07) is 0. The maximum atomic E-state index is 11.4. The highest BCUT2D eigenvalue weighted by molar-refractivity contribution is 6.17. The zero-order valence-electron chi connectivity index (χ0n) is 8.60. The Balaban J connectivity index is 2.06. The first-order valence-corrected chi connectivity index (χ1v) is 5.91. The van der Waals surface area contributed by atoms with Gasteiger partial charge in [0, 0.05) is 12.4 Å². The summed E-state index contributed by atoms with van der Waals surface area (Å²) in [4.78, 5) is 13.6. The number of piperidine rings is 1. The van der Waals surface area contributed by atoms with Crippen LogP contribution in [-0.4, -0.2) is 42.9 Å². The van der Waals surface area contributed by atoms with Crippen molar-refractivity contribution in [2.45, 2.75) is 25.7 Å². The first-order chi connectivity index (χ1) is 6.83. The van der Waals surface area contributed by atoms with Gasteiger partial charge in [0.05, 0.1) is 6.54 Å². The number of halogens is 1. The van der Waals surface area contributed by atoms with Gasteiger partial charge < -0.3 is 5.32 Å². The fourth-order valence-corrected chi connectivity index (χ4v) is 1.80. The van der Waals surface area contributed by atoms with Crippen LogP contribution in [0.3, 0.4) is 0 Å². The lowest BCUT2D eigenvalue weighted by Gasteiger charge is -2.25. The summed E-state index contributed by atoms with van der Waals surface area (Å²) in [5.41, 5.74) is 0. The van der Waals surface area contributed by atoms with Gasteiger partial charge in [-0.15, -0.1) is 11.6 Å². The third-order valence-corrected chi connectivity index (χ3v) is 2.72. The van der Waals surface area contributed by atoms with Crippen molar-refractivity contribution in [3.8, 4) is 0 Å². The van der Waals surface area contributed by atoms with Gasteiger partial charge in [0.15, 0.2) is 0 Å². The maximum Gasteiger partial charge on any atom is 0.234 e. The van der Waals surface area contributed by atoms with Crippen molar-refractivity contribution in [2.24, 2.45) is 0 Å². The van der Waals surface area contributed by atoms with Crippen molar-refractivity contribution < 1.29 is 4.79 Å². The van der Waals surface area contributed by atoms with E-state index in [4.69, 9.17) is 11.6 Å². The molecule has 0 aromatic carbocycles. The van der Waals surface area contributed by atoms with Gasteiger partial charge in [-0.3, -0.25) is 9.69 Å². The predicted octanol–water partition coefficient (Wildman–Crippen LogP) is 1.22. The van der Waals surface area contributed by atoms with E-state index in [-0.39, 0.29) is 5.91 Å². The number of hydrogen-bond acceptors (Lipinski definition) is 2. The lowest BCUT2D eigenvalue weighted by Crippen LogP contribution is -2.40. The SMILES string of the molecule is O=C(CN1CCCCC1)NCCCCl. The van der Waals surface area contributed by atoms with Crippen LogP contribution in [0.2, 0.25) is 0 Å². The van der Waals surface area contributed by atoms with E-state index in [1.807, 2.05) is 0 Å². The fourth-order valence-electron chi connectivity index (χ4n) is 1.67. The van der Waals surface area contributed by atoms with Crippen LogP contribution in [0.5, 0.6) is 0 Å². The van der Waals surface area contributed by atoms with E-state index in [1.165, 1.54) is 19.3 Å². The number of likely N-dealkylation sites (tertiary alicyclic amines) is 1. The lowest BCUT2D eigenvalue weighted by atomic mass is 10.1. The molecular formula is C10H19ClN2O. The summed E-state index contributed by atoms with van der Waals surface area (Å²) in [5, 5.41) is 2.87. The molecule has 1 saturated heterocycles. The highest BCUT2D eigenvalue weighted by atomic mass is 35.5. The van der Waals surface area contributed by atoms with Crippen LogP contribution in [0, 0.1) is 0 Å². The van der Waals surface area contributed by atoms with Crippen molar-refractivity contribution >= 4 is 17.5 Å². The molecule has 1 heterocycles. The molecule has 0 spiro atoms. The minimum absolute atomic E-state index is 0.136. The third kappa shape index (κ3) is 4.82. The van der Waals surface area contributed by atoms with Crippen LogP contribution in [0.4, 0.5) is 0 Å². The molecule has 3 nitrogen and oxygen atoms in total. The first kappa shape index (κ1) is 11.8. The molecule has 1 N–H and O–H groups in total. The van der Waals surface area contributed by atoms with Gasteiger partial charge in [-0.05, 0) is 32.4 Å². The molecule has 1 aliphatic heterocycles. The van der Waals surface area contributed by atoms with Crippen molar-refractivity contribution in [1.82, 2.24) is 10.2 Å². The number of alkyl halides is 1. The number of hydrogen-bond donors (Lipinski definition) is 1. The number of carbonyl (C=O) groups is 1. The predicted molar refractivity (Wildman–Crippen MR) is 58.6 cm³/mol. The number of carbonyl (C=O) groups excluding carboxylic acids is 1. The Morgan fingerprint density at radius 3 is 2.64 bits per heavy atom. The molecular weight excluding hydrogens is 200 g/mol. The van der Waals surface area contributed by atoms with Gasteiger partial charge in [0.1, 0.15) is 0 Å². The van der Waals surface area contributed by atoms with Crippen LogP contribution in [0.1, 0.15) is 25.7 Å². The molecule has 0 atom stereocenters. The molecule has 0 aromatic rings. The molecule has 1 rings (SSSR count). The fraction of sp³-hybridized carbons (Fsp3) is 0.900. The average Bonchev–Trinajstić information content (AvgIpc) is 2.20. The van der Waals surface area contributed by atoms with E-state index < -0.39 is 0 Å². The second kappa shape index (κ2) is 7.07. The number of amides is 1. The summed E-state index contributed by atoms with van der Waals surface area (Å²) in [6.07, 6.45) is 4.63. The normalized spacial score (nSPS) is 18.1. The summed E-state index contributed by atoms with van der Waals surface area (Å²) >= 11 is 5.52. The Morgan fingerprint density at radius 1 is 1.29 bits per heavy atom. The Bertz CT molecular complexity index is 170. The van der Waals surface area contributed by atoms with Gasteiger partial charge in [0.2, 0.25) is 5.91 Å². The zero-order chi connectivity index (χ0) is 10.2. The molecule has 1 aliphatic rings. The van der Waals surface area contributed by atoms with Crippen molar-refractivity contribution in [3.63, 3.8) is 0 Å². The summed E-state index contributed by atoms with van der Waals surface area (Å²) < 4.78 is 0. The Hall–Kier alpha value is -0.280. The molecule has 14 heavy (non-hydrogen) atoms. The van der Waals surface area contributed by atoms with E-state index in [9.17, 15) is 4.79 Å². The minimum atomic E-state index is 0.136. The number of nitrogens with one attached hydrogen (secondary N) is 1. The number of nitrogens with zero attached hydrogens (tertiary/aromatic N) is 1. The topological polar surface area (TPSA) is 32.3 Å². The second-order valence-electron chi connectivity index (χ2n) is 3.73. The standard InChI is InChI=1S/C10H19ClN2O/c11-5-4-6-12-10(14)9-13-7-2-1-3-8-13/h1-9H2,(H,12,14). The molecule has 82 valence electrons. The van der Waals surface area contributed by atoms with E-state index in [1.54, 1.807) is 0 Å². The maximum absolute atomic E-state index is 11.4. The van der Waals surface area contributed by atoms with Crippen LogP contribution < -0.4 is 5.32 Å². The van der Waals surface area contributed by atoms with Crippen LogP contribution >= 0.6 is 11.6 Å². The van der Waals surface area contributed by atoms with E-state index in [0.717, 1.165) is 19.5 Å². The third-order valence-electron chi connectivity index (χ3n) is 2.45. The van der Waals surface area contributed by atoms with Crippen LogP contribution in [0.15, 0.2) is 0 Å². The van der Waals surface area contributed by atoms with E-state index in [2.05, 4.69) is 10.2 Å². The molecule has 0 unspecified atom stereocenters. The quantitative estimate of drug-likeness (QED) is 0.556. The molecule has 0 bridgehead atoms. The molecule has 1 fully saturated rings.